The summed E-state index contributed by atoms with van der Waals surface area (Å²) in [7, 11) is 1.44. The van der Waals surface area contributed by atoms with Gasteiger partial charge in [0.15, 0.2) is 0 Å². The van der Waals surface area contributed by atoms with Crippen molar-refractivity contribution in [3.63, 3.8) is 0 Å². The lowest BCUT2D eigenvalue weighted by Gasteiger charge is -2.48. The summed E-state index contributed by atoms with van der Waals surface area (Å²) in [5, 5.41) is 0.863. The molecule has 1 heterocycles. The summed E-state index contributed by atoms with van der Waals surface area (Å²) in [5.41, 5.74) is 2.80. The van der Waals surface area contributed by atoms with Crippen molar-refractivity contribution in [2.45, 2.75) is 53.4 Å². The van der Waals surface area contributed by atoms with Gasteiger partial charge in [-0.3, -0.25) is 4.79 Å². The van der Waals surface area contributed by atoms with Crippen LogP contribution >= 0.6 is 0 Å². The van der Waals surface area contributed by atoms with E-state index in [0.717, 1.165) is 24.6 Å². The molecule has 0 N–H and O–H groups in total. The fraction of sp³-hybridized carbons (Fsp3) is 0.520. The maximum absolute atomic E-state index is 11.8. The van der Waals surface area contributed by atoms with E-state index in [1.807, 2.05) is 12.1 Å². The Morgan fingerprint density at radius 1 is 1.23 bits per heavy atom. The van der Waals surface area contributed by atoms with Crippen LogP contribution in [0.5, 0.6) is 5.75 Å². The van der Waals surface area contributed by atoms with E-state index in [4.69, 9.17) is 13.9 Å². The van der Waals surface area contributed by atoms with Gasteiger partial charge < -0.3 is 13.9 Å². The molecule has 5 nitrogen and oxygen atoms in total. The van der Waals surface area contributed by atoms with E-state index in [1.165, 1.54) is 24.3 Å². The minimum absolute atomic E-state index is 0.120. The zero-order valence-corrected chi connectivity index (χ0v) is 18.6. The molecule has 0 radical (unpaired) electrons. The highest BCUT2D eigenvalue weighted by Crippen LogP contribution is 2.51. The molecule has 0 unspecified atom stereocenters. The molecule has 1 aromatic carbocycles. The number of esters is 1. The lowest BCUT2D eigenvalue weighted by Crippen LogP contribution is -2.44. The first-order valence-electron chi connectivity index (χ1n) is 10.6. The number of carbonyl (C=O) groups excluding carboxylic acids is 1. The first-order valence-corrected chi connectivity index (χ1v) is 10.6. The van der Waals surface area contributed by atoms with Gasteiger partial charge in [0.1, 0.15) is 11.3 Å². The van der Waals surface area contributed by atoms with Crippen LogP contribution in [0, 0.1) is 17.3 Å². The number of allylic oxidation sites excluding steroid dienone is 2. The second-order valence-corrected chi connectivity index (χ2v) is 8.88. The topological polar surface area (TPSA) is 65.7 Å². The maximum Gasteiger partial charge on any atom is 0.336 e. The molecular formula is C25H32O5. The molecule has 0 bridgehead atoms. The van der Waals surface area contributed by atoms with Gasteiger partial charge in [-0.1, -0.05) is 25.0 Å². The molecule has 1 fully saturated rings. The van der Waals surface area contributed by atoms with Crippen LogP contribution in [0.2, 0.25) is 0 Å². The quantitative estimate of drug-likeness (QED) is 0.355. The van der Waals surface area contributed by atoms with Crippen LogP contribution in [0.4, 0.5) is 0 Å². The SMILES string of the molecule is COC(=O)CC[C@@H]1C(=C(C)C)CC[C@@H](C)[C@]1(C)COc1ccc2ccc(=O)oc2c1. The van der Waals surface area contributed by atoms with E-state index in [9.17, 15) is 9.59 Å². The van der Waals surface area contributed by atoms with Crippen LogP contribution < -0.4 is 10.4 Å². The number of ether oxygens (including phenoxy) is 2. The lowest BCUT2D eigenvalue weighted by molar-refractivity contribution is -0.141. The average Bonchev–Trinajstić information content (AvgIpc) is 2.72. The fourth-order valence-corrected chi connectivity index (χ4v) is 4.70. The van der Waals surface area contributed by atoms with Crippen molar-refractivity contribution in [3.8, 4) is 5.75 Å². The third kappa shape index (κ3) is 4.61. The number of benzene rings is 1. The Morgan fingerprint density at radius 2 is 1.97 bits per heavy atom. The van der Waals surface area contributed by atoms with Crippen molar-refractivity contribution in [1.29, 1.82) is 0 Å². The number of methoxy groups -OCH3 is 1. The average molecular weight is 413 g/mol. The highest BCUT2D eigenvalue weighted by atomic mass is 16.5. The van der Waals surface area contributed by atoms with Gasteiger partial charge >= 0.3 is 11.6 Å². The van der Waals surface area contributed by atoms with Crippen molar-refractivity contribution in [3.05, 3.63) is 51.9 Å². The first kappa shape index (κ1) is 22.1. The predicted octanol–water partition coefficient (Wildman–Crippen LogP) is 5.51. The minimum Gasteiger partial charge on any atom is -0.493 e. The summed E-state index contributed by atoms with van der Waals surface area (Å²) in [6, 6.07) is 8.75. The Balaban J connectivity index is 1.86. The van der Waals surface area contributed by atoms with Crippen LogP contribution in [0.1, 0.15) is 53.4 Å². The van der Waals surface area contributed by atoms with Gasteiger partial charge in [0.05, 0.1) is 13.7 Å². The molecule has 1 saturated carbocycles. The molecule has 0 amide bonds. The summed E-state index contributed by atoms with van der Waals surface area (Å²) in [5.74, 6) is 1.21. The Bertz CT molecular complexity index is 998. The number of carbonyl (C=O) groups is 1. The summed E-state index contributed by atoms with van der Waals surface area (Å²) in [6.07, 6.45) is 3.32. The van der Waals surface area contributed by atoms with E-state index in [-0.39, 0.29) is 22.9 Å². The summed E-state index contributed by atoms with van der Waals surface area (Å²) in [6.45, 7) is 9.38. The van der Waals surface area contributed by atoms with E-state index in [0.29, 0.717) is 30.3 Å². The highest BCUT2D eigenvalue weighted by molar-refractivity contribution is 5.77. The third-order valence-corrected chi connectivity index (χ3v) is 6.84. The van der Waals surface area contributed by atoms with Gasteiger partial charge in [0.2, 0.25) is 0 Å². The molecule has 0 aliphatic heterocycles. The predicted molar refractivity (Wildman–Crippen MR) is 118 cm³/mol. The Kier molecular flexibility index (Phi) is 6.69. The summed E-state index contributed by atoms with van der Waals surface area (Å²) in [4.78, 5) is 23.4. The number of rotatable bonds is 6. The molecule has 1 aliphatic carbocycles. The molecule has 1 aromatic heterocycles. The van der Waals surface area contributed by atoms with Gasteiger partial charge in [-0.25, -0.2) is 4.79 Å². The van der Waals surface area contributed by atoms with E-state index in [2.05, 4.69) is 27.7 Å². The van der Waals surface area contributed by atoms with E-state index in [1.54, 1.807) is 12.1 Å². The maximum atomic E-state index is 11.8. The third-order valence-electron chi connectivity index (χ3n) is 6.84. The van der Waals surface area contributed by atoms with Gasteiger partial charge in [-0.15, -0.1) is 0 Å². The normalized spacial score (nSPS) is 24.0. The van der Waals surface area contributed by atoms with Crippen LogP contribution in [0.25, 0.3) is 11.0 Å². The largest absolute Gasteiger partial charge is 0.493 e. The van der Waals surface area contributed by atoms with E-state index < -0.39 is 0 Å². The molecule has 30 heavy (non-hydrogen) atoms. The van der Waals surface area contributed by atoms with Gasteiger partial charge in [-0.2, -0.15) is 0 Å². The number of hydrogen-bond donors (Lipinski definition) is 0. The van der Waals surface area contributed by atoms with Gasteiger partial charge in [0, 0.05) is 29.4 Å². The first-order chi connectivity index (χ1) is 14.2. The minimum atomic E-state index is -0.372. The second kappa shape index (κ2) is 9.07. The molecule has 3 rings (SSSR count). The molecule has 2 aromatic rings. The van der Waals surface area contributed by atoms with Crippen LogP contribution in [0.3, 0.4) is 0 Å². The molecular weight excluding hydrogens is 380 g/mol. The summed E-state index contributed by atoms with van der Waals surface area (Å²) < 4.78 is 16.4. The highest BCUT2D eigenvalue weighted by Gasteiger charge is 2.45. The number of fused-ring (bicyclic) bond motifs is 1. The molecule has 1 aliphatic rings. The summed E-state index contributed by atoms with van der Waals surface area (Å²) >= 11 is 0. The van der Waals surface area contributed by atoms with Crippen molar-refractivity contribution in [2.24, 2.45) is 17.3 Å². The molecule has 0 spiro atoms. The Morgan fingerprint density at radius 3 is 2.67 bits per heavy atom. The van der Waals surface area contributed by atoms with Crippen LogP contribution in [-0.2, 0) is 9.53 Å². The van der Waals surface area contributed by atoms with Crippen molar-refractivity contribution in [2.75, 3.05) is 13.7 Å². The fourth-order valence-electron chi connectivity index (χ4n) is 4.70. The molecule has 3 atom stereocenters. The zero-order chi connectivity index (χ0) is 21.9. The Hall–Kier alpha value is -2.56. The molecule has 162 valence electrons. The Labute approximate surface area is 178 Å². The van der Waals surface area contributed by atoms with Crippen molar-refractivity contribution in [1.82, 2.24) is 0 Å². The molecule has 0 saturated heterocycles. The van der Waals surface area contributed by atoms with Crippen molar-refractivity contribution < 1.29 is 18.7 Å². The zero-order valence-electron chi connectivity index (χ0n) is 18.6. The second-order valence-electron chi connectivity index (χ2n) is 8.88. The molecule has 5 heteroatoms. The standard InChI is InChI=1S/C25H32O5/c1-16(2)20-10-6-17(3)25(4,21(20)11-13-23(26)28-5)15-29-19-9-7-18-8-12-24(27)30-22(18)14-19/h7-9,12,14,17,21H,6,10-11,13,15H2,1-5H3/t17-,21-,25+/m1/s1. The lowest BCUT2D eigenvalue weighted by atomic mass is 9.58. The van der Waals surface area contributed by atoms with Gasteiger partial charge in [-0.05, 0) is 63.1 Å². The van der Waals surface area contributed by atoms with Gasteiger partial charge in [0.25, 0.3) is 0 Å². The van der Waals surface area contributed by atoms with Crippen LogP contribution in [0.15, 0.2) is 50.7 Å². The van der Waals surface area contributed by atoms with Crippen molar-refractivity contribution >= 4 is 16.9 Å². The van der Waals surface area contributed by atoms with E-state index >= 15 is 0 Å². The monoisotopic (exact) mass is 412 g/mol. The smallest absolute Gasteiger partial charge is 0.336 e. The number of hydrogen-bond acceptors (Lipinski definition) is 5. The van der Waals surface area contributed by atoms with Crippen LogP contribution in [-0.4, -0.2) is 19.7 Å².